The third-order valence-corrected chi connectivity index (χ3v) is 6.81. The summed E-state index contributed by atoms with van der Waals surface area (Å²) in [5, 5.41) is 10.3. The van der Waals surface area contributed by atoms with Gasteiger partial charge in [0, 0.05) is 5.02 Å². The predicted molar refractivity (Wildman–Crippen MR) is 110 cm³/mol. The van der Waals surface area contributed by atoms with Crippen LogP contribution in [0.3, 0.4) is 0 Å². The van der Waals surface area contributed by atoms with Gasteiger partial charge in [0.05, 0.1) is 27.2 Å². The summed E-state index contributed by atoms with van der Waals surface area (Å²) in [5.41, 5.74) is 1.01. The van der Waals surface area contributed by atoms with Crippen molar-refractivity contribution in [2.24, 2.45) is 0 Å². The molecule has 7 nitrogen and oxygen atoms in total. The molecule has 2 aromatic carbocycles. The minimum Gasteiger partial charge on any atom is -0.407 e. The molecule has 1 N–H and O–H groups in total. The number of rotatable bonds is 6. The van der Waals surface area contributed by atoms with Crippen LogP contribution in [0.4, 0.5) is 6.01 Å². The third-order valence-electron chi connectivity index (χ3n) is 4.09. The first-order chi connectivity index (χ1) is 13.7. The third kappa shape index (κ3) is 4.95. The molecule has 0 saturated heterocycles. The molecule has 0 atom stereocenters. The van der Waals surface area contributed by atoms with Crippen molar-refractivity contribution in [2.75, 3.05) is 5.32 Å². The van der Waals surface area contributed by atoms with Crippen LogP contribution in [-0.4, -0.2) is 29.8 Å². The molecule has 10 heteroatoms. The quantitative estimate of drug-likeness (QED) is 0.592. The van der Waals surface area contributed by atoms with E-state index in [9.17, 15) is 13.2 Å². The molecule has 0 radical (unpaired) electrons. The monoisotopic (exact) mass is 453 g/mol. The van der Waals surface area contributed by atoms with Crippen molar-refractivity contribution in [2.45, 2.75) is 30.4 Å². The molecule has 1 heterocycles. The first-order valence-electron chi connectivity index (χ1n) is 8.58. The van der Waals surface area contributed by atoms with E-state index in [4.69, 9.17) is 27.6 Å². The number of nitrogens with zero attached hydrogens (tertiary/aromatic N) is 2. The molecule has 152 valence electrons. The minimum atomic E-state index is -3.33. The maximum absolute atomic E-state index is 12.3. The highest BCUT2D eigenvalue weighted by Gasteiger charge is 2.19. The molecule has 1 aromatic heterocycles. The van der Waals surface area contributed by atoms with Gasteiger partial charge in [0.2, 0.25) is 5.89 Å². The number of carbonyl (C=O) groups excluding carboxylic acids is 1. The fourth-order valence-electron chi connectivity index (χ4n) is 2.46. The molecule has 0 bridgehead atoms. The van der Waals surface area contributed by atoms with Crippen molar-refractivity contribution in [3.05, 3.63) is 69.5 Å². The van der Waals surface area contributed by atoms with Gasteiger partial charge in [-0.2, -0.15) is 0 Å². The Morgan fingerprint density at radius 3 is 2.41 bits per heavy atom. The van der Waals surface area contributed by atoms with Crippen LogP contribution in [0.15, 0.2) is 51.8 Å². The molecule has 0 aliphatic heterocycles. The molecule has 0 aliphatic rings. The van der Waals surface area contributed by atoms with E-state index in [1.807, 2.05) is 0 Å². The van der Waals surface area contributed by atoms with Crippen molar-refractivity contribution in [3.63, 3.8) is 0 Å². The van der Waals surface area contributed by atoms with Gasteiger partial charge in [-0.3, -0.25) is 10.1 Å². The summed E-state index contributed by atoms with van der Waals surface area (Å²) in [4.78, 5) is 12.5. The topological polar surface area (TPSA) is 102 Å². The summed E-state index contributed by atoms with van der Waals surface area (Å²) in [6.07, 6.45) is 0.284. The predicted octanol–water partition coefficient (Wildman–Crippen LogP) is 4.40. The lowest BCUT2D eigenvalue weighted by atomic mass is 10.1. The second-order valence-electron chi connectivity index (χ2n) is 6.49. The van der Waals surface area contributed by atoms with Crippen molar-refractivity contribution in [1.29, 1.82) is 0 Å². The van der Waals surface area contributed by atoms with Crippen LogP contribution in [0.1, 0.15) is 35.7 Å². The van der Waals surface area contributed by atoms with Crippen LogP contribution in [0, 0.1) is 0 Å². The molecule has 0 unspecified atom stereocenters. The highest BCUT2D eigenvalue weighted by molar-refractivity contribution is 7.92. The van der Waals surface area contributed by atoms with Crippen LogP contribution in [0.5, 0.6) is 0 Å². The lowest BCUT2D eigenvalue weighted by Gasteiger charge is -2.08. The first-order valence-corrected chi connectivity index (χ1v) is 10.9. The van der Waals surface area contributed by atoms with Gasteiger partial charge in [0.25, 0.3) is 5.91 Å². The van der Waals surface area contributed by atoms with Gasteiger partial charge < -0.3 is 4.42 Å². The van der Waals surface area contributed by atoms with E-state index in [1.54, 1.807) is 44.2 Å². The molecule has 0 fully saturated rings. The minimum absolute atomic E-state index is 0.0741. The Labute approximate surface area is 178 Å². The number of amides is 1. The van der Waals surface area contributed by atoms with Gasteiger partial charge >= 0.3 is 6.01 Å². The number of nitrogens with one attached hydrogen (secondary N) is 1. The van der Waals surface area contributed by atoms with Crippen LogP contribution < -0.4 is 5.32 Å². The van der Waals surface area contributed by atoms with Gasteiger partial charge in [-0.15, -0.1) is 5.10 Å². The second kappa shape index (κ2) is 8.52. The van der Waals surface area contributed by atoms with Crippen LogP contribution in [0.25, 0.3) is 0 Å². The molecule has 0 spiro atoms. The maximum Gasteiger partial charge on any atom is 0.322 e. The number of aromatic nitrogens is 2. The summed E-state index contributed by atoms with van der Waals surface area (Å²) >= 11 is 11.8. The lowest BCUT2D eigenvalue weighted by molar-refractivity contribution is 0.102. The number of anilines is 1. The van der Waals surface area contributed by atoms with Gasteiger partial charge in [0.15, 0.2) is 9.84 Å². The van der Waals surface area contributed by atoms with E-state index in [2.05, 4.69) is 15.5 Å². The highest BCUT2D eigenvalue weighted by atomic mass is 35.5. The Hall–Kier alpha value is -2.42. The molecule has 1 amide bonds. The van der Waals surface area contributed by atoms with Crippen molar-refractivity contribution in [3.8, 4) is 0 Å². The van der Waals surface area contributed by atoms with E-state index >= 15 is 0 Å². The normalized spacial score (nSPS) is 11.6. The number of hydrogen-bond acceptors (Lipinski definition) is 6. The first kappa shape index (κ1) is 21.3. The fraction of sp³-hybridized carbons (Fsp3) is 0.211. The van der Waals surface area contributed by atoms with Gasteiger partial charge in [-0.05, 0) is 49.7 Å². The molecular formula is C19H17Cl2N3O4S. The van der Waals surface area contributed by atoms with E-state index < -0.39 is 21.0 Å². The number of halogens is 2. The maximum atomic E-state index is 12.3. The lowest BCUT2D eigenvalue weighted by Crippen LogP contribution is -2.13. The summed E-state index contributed by atoms with van der Waals surface area (Å²) < 4.78 is 29.8. The zero-order valence-corrected chi connectivity index (χ0v) is 17.8. The Morgan fingerprint density at radius 2 is 1.79 bits per heavy atom. The summed E-state index contributed by atoms with van der Waals surface area (Å²) in [7, 11) is -3.33. The molecule has 0 saturated carbocycles. The van der Waals surface area contributed by atoms with Crippen molar-refractivity contribution >= 4 is 45.0 Å². The molecular weight excluding hydrogens is 437 g/mol. The number of sulfone groups is 1. The second-order valence-corrected chi connectivity index (χ2v) is 9.84. The van der Waals surface area contributed by atoms with Crippen molar-refractivity contribution in [1.82, 2.24) is 10.2 Å². The Morgan fingerprint density at radius 1 is 1.10 bits per heavy atom. The van der Waals surface area contributed by atoms with Crippen LogP contribution in [0.2, 0.25) is 10.0 Å². The molecule has 29 heavy (non-hydrogen) atoms. The standard InChI is InChI=1S/C19H17Cl2N3O4S/c1-11(2)29(26,27)14-6-3-12(4-7-14)9-17-23-24-19(28-17)22-18(25)15-8-5-13(20)10-16(15)21/h3-8,10-11H,9H2,1-2H3,(H,22,24,25). The SMILES string of the molecule is CC(C)S(=O)(=O)c1ccc(Cc2nnc(NC(=O)c3ccc(Cl)cc3Cl)o2)cc1. The van der Waals surface area contributed by atoms with E-state index in [0.717, 1.165) is 5.56 Å². The summed E-state index contributed by atoms with van der Waals surface area (Å²) in [6, 6.07) is 10.9. The number of carbonyl (C=O) groups is 1. The smallest absolute Gasteiger partial charge is 0.322 e. The molecule has 3 aromatic rings. The molecule has 0 aliphatic carbocycles. The van der Waals surface area contributed by atoms with Gasteiger partial charge in [-0.25, -0.2) is 8.42 Å². The number of hydrogen-bond donors (Lipinski definition) is 1. The zero-order chi connectivity index (χ0) is 21.2. The van der Waals surface area contributed by atoms with Gasteiger partial charge in [0.1, 0.15) is 0 Å². The Balaban J connectivity index is 1.68. The average molecular weight is 454 g/mol. The van der Waals surface area contributed by atoms with Crippen LogP contribution >= 0.6 is 23.2 Å². The number of benzene rings is 2. The Kier molecular flexibility index (Phi) is 6.26. The van der Waals surface area contributed by atoms with Crippen molar-refractivity contribution < 1.29 is 17.6 Å². The van der Waals surface area contributed by atoms with E-state index in [0.29, 0.717) is 5.02 Å². The fourth-order valence-corrected chi connectivity index (χ4v) is 4.01. The van der Waals surface area contributed by atoms with Crippen LogP contribution in [-0.2, 0) is 16.3 Å². The largest absolute Gasteiger partial charge is 0.407 e. The summed E-state index contributed by atoms with van der Waals surface area (Å²) in [6.45, 7) is 3.27. The van der Waals surface area contributed by atoms with Gasteiger partial charge in [-0.1, -0.05) is 40.4 Å². The van der Waals surface area contributed by atoms with E-state index in [-0.39, 0.29) is 33.8 Å². The highest BCUT2D eigenvalue weighted by Crippen LogP contribution is 2.22. The molecule has 3 rings (SSSR count). The average Bonchev–Trinajstić information content (AvgIpc) is 3.08. The van der Waals surface area contributed by atoms with E-state index in [1.165, 1.54) is 12.1 Å². The summed E-state index contributed by atoms with van der Waals surface area (Å²) in [5.74, 6) is -0.243. The Bertz CT molecular complexity index is 1140. The zero-order valence-electron chi connectivity index (χ0n) is 15.5.